The Labute approximate surface area is 144 Å². The fraction of sp³-hybridized carbons (Fsp3) is 0.235. The third kappa shape index (κ3) is 3.54. The molecule has 1 atom stereocenters. The highest BCUT2D eigenvalue weighted by molar-refractivity contribution is 7.89. The van der Waals surface area contributed by atoms with E-state index < -0.39 is 27.8 Å². The second-order valence-electron chi connectivity index (χ2n) is 5.84. The minimum Gasteiger partial charge on any atom is -0.311 e. The van der Waals surface area contributed by atoms with Gasteiger partial charge in [0.25, 0.3) is 0 Å². The van der Waals surface area contributed by atoms with Gasteiger partial charge in [-0.15, -0.1) is 0 Å². The van der Waals surface area contributed by atoms with Crippen LogP contribution in [0.3, 0.4) is 0 Å². The van der Waals surface area contributed by atoms with Gasteiger partial charge >= 0.3 is 0 Å². The minimum absolute atomic E-state index is 0.239. The van der Waals surface area contributed by atoms with Crippen LogP contribution in [0, 0.1) is 18.6 Å². The molecular formula is C17H16F2N2O3S. The van der Waals surface area contributed by atoms with Crippen LogP contribution in [0.5, 0.6) is 0 Å². The molecule has 25 heavy (non-hydrogen) atoms. The number of carbonyl (C=O) groups excluding carboxylic acids is 1. The fourth-order valence-corrected chi connectivity index (χ4v) is 3.99. The predicted molar refractivity (Wildman–Crippen MR) is 88.6 cm³/mol. The second kappa shape index (κ2) is 6.53. The number of hydrogen-bond acceptors (Lipinski definition) is 3. The molecule has 1 N–H and O–H groups in total. The summed E-state index contributed by atoms with van der Waals surface area (Å²) in [6.45, 7) is 1.89. The first-order chi connectivity index (χ1) is 11.8. The van der Waals surface area contributed by atoms with E-state index in [1.807, 2.05) is 0 Å². The number of nitrogens with zero attached hydrogens (tertiary/aromatic N) is 1. The normalized spacial score (nSPS) is 18.0. The maximum atomic E-state index is 13.4. The number of rotatable bonds is 4. The Bertz CT molecular complexity index is 931. The molecule has 1 fully saturated rings. The molecule has 3 rings (SSSR count). The van der Waals surface area contributed by atoms with Gasteiger partial charge in [-0.3, -0.25) is 4.79 Å². The molecule has 1 aliphatic heterocycles. The van der Waals surface area contributed by atoms with Gasteiger partial charge in [0.05, 0.1) is 4.90 Å². The van der Waals surface area contributed by atoms with E-state index in [0.29, 0.717) is 17.8 Å². The molecule has 0 bridgehead atoms. The minimum atomic E-state index is -4.02. The van der Waals surface area contributed by atoms with Gasteiger partial charge in [0.1, 0.15) is 17.7 Å². The number of benzene rings is 2. The third-order valence-electron chi connectivity index (χ3n) is 4.06. The summed E-state index contributed by atoms with van der Waals surface area (Å²) in [5.41, 5.74) is 0.908. The van der Waals surface area contributed by atoms with E-state index in [2.05, 4.69) is 4.72 Å². The first-order valence-electron chi connectivity index (χ1n) is 7.63. The monoisotopic (exact) mass is 366 g/mol. The Morgan fingerprint density at radius 2 is 1.92 bits per heavy atom. The molecule has 1 aliphatic rings. The van der Waals surface area contributed by atoms with E-state index in [9.17, 15) is 22.0 Å². The highest BCUT2D eigenvalue weighted by Gasteiger charge is 2.35. The average molecular weight is 366 g/mol. The van der Waals surface area contributed by atoms with Crippen molar-refractivity contribution in [1.29, 1.82) is 0 Å². The molecule has 0 aromatic heterocycles. The van der Waals surface area contributed by atoms with Gasteiger partial charge in [-0.2, -0.15) is 4.72 Å². The Kier molecular flexibility index (Phi) is 4.57. The number of hydrogen-bond donors (Lipinski definition) is 1. The first-order valence-corrected chi connectivity index (χ1v) is 9.12. The number of aryl methyl sites for hydroxylation is 1. The molecule has 2 aromatic rings. The standard InChI is InChI=1S/C17H16F2N2O3S/c1-11-9-13(5-6-15(11)19)21-8-7-16(17(21)22)20-25(23,24)14-4-2-3-12(18)10-14/h2-6,9-10,16,20H,7-8H2,1H3/t16-/m0/s1. The summed E-state index contributed by atoms with van der Waals surface area (Å²) >= 11 is 0. The molecule has 132 valence electrons. The summed E-state index contributed by atoms with van der Waals surface area (Å²) in [7, 11) is -4.02. The fourth-order valence-electron chi connectivity index (χ4n) is 2.73. The molecule has 5 nitrogen and oxygen atoms in total. The maximum Gasteiger partial charge on any atom is 0.245 e. The number of carbonyl (C=O) groups is 1. The van der Waals surface area contributed by atoms with Crippen molar-refractivity contribution >= 4 is 21.6 Å². The van der Waals surface area contributed by atoms with E-state index in [1.54, 1.807) is 6.92 Å². The average Bonchev–Trinajstić information content (AvgIpc) is 2.90. The summed E-state index contributed by atoms with van der Waals surface area (Å²) in [6.07, 6.45) is 0.268. The van der Waals surface area contributed by atoms with E-state index >= 15 is 0 Å². The Hall–Kier alpha value is -2.32. The molecule has 2 aromatic carbocycles. The van der Waals surface area contributed by atoms with Crippen molar-refractivity contribution in [2.45, 2.75) is 24.3 Å². The van der Waals surface area contributed by atoms with Crippen LogP contribution < -0.4 is 9.62 Å². The zero-order valence-corrected chi connectivity index (χ0v) is 14.2. The SMILES string of the molecule is Cc1cc(N2CC[C@H](NS(=O)(=O)c3cccc(F)c3)C2=O)ccc1F. The summed E-state index contributed by atoms with van der Waals surface area (Å²) < 4.78 is 53.6. The van der Waals surface area contributed by atoms with Crippen molar-refractivity contribution in [3.05, 3.63) is 59.7 Å². The third-order valence-corrected chi connectivity index (χ3v) is 5.53. The molecule has 0 aliphatic carbocycles. The molecule has 0 radical (unpaired) electrons. The predicted octanol–water partition coefficient (Wildman–Crippen LogP) is 2.36. The summed E-state index contributed by atoms with van der Waals surface area (Å²) in [4.78, 5) is 13.7. The number of amides is 1. The lowest BCUT2D eigenvalue weighted by atomic mass is 10.2. The molecule has 1 saturated heterocycles. The Morgan fingerprint density at radius 3 is 2.60 bits per heavy atom. The van der Waals surface area contributed by atoms with Gasteiger partial charge < -0.3 is 4.90 Å². The molecule has 1 amide bonds. The lowest BCUT2D eigenvalue weighted by Crippen LogP contribution is -2.41. The lowest BCUT2D eigenvalue weighted by molar-refractivity contribution is -0.118. The molecule has 0 saturated carbocycles. The molecule has 0 unspecified atom stereocenters. The van der Waals surface area contributed by atoms with Crippen LogP contribution in [0.15, 0.2) is 47.4 Å². The van der Waals surface area contributed by atoms with E-state index in [1.165, 1.54) is 35.2 Å². The van der Waals surface area contributed by atoms with Gasteiger partial charge in [-0.25, -0.2) is 17.2 Å². The Balaban J connectivity index is 1.79. The summed E-state index contributed by atoms with van der Waals surface area (Å²) in [5.74, 6) is -1.48. The quantitative estimate of drug-likeness (QED) is 0.903. The number of sulfonamides is 1. The van der Waals surface area contributed by atoms with Crippen molar-refractivity contribution in [2.75, 3.05) is 11.4 Å². The smallest absolute Gasteiger partial charge is 0.245 e. The van der Waals surface area contributed by atoms with E-state index in [4.69, 9.17) is 0 Å². The highest BCUT2D eigenvalue weighted by Crippen LogP contribution is 2.24. The second-order valence-corrected chi connectivity index (χ2v) is 7.56. The molecule has 0 spiro atoms. The van der Waals surface area contributed by atoms with E-state index in [0.717, 1.165) is 12.1 Å². The van der Waals surface area contributed by atoms with Crippen LogP contribution in [-0.2, 0) is 14.8 Å². The lowest BCUT2D eigenvalue weighted by Gasteiger charge is -2.18. The maximum absolute atomic E-state index is 13.4. The van der Waals surface area contributed by atoms with Gasteiger partial charge in [-0.1, -0.05) is 6.07 Å². The molecular weight excluding hydrogens is 350 g/mol. The number of nitrogens with one attached hydrogen (secondary N) is 1. The van der Waals surface area contributed by atoms with E-state index in [-0.39, 0.29) is 17.1 Å². The highest BCUT2D eigenvalue weighted by atomic mass is 32.2. The first kappa shape index (κ1) is 17.5. The number of anilines is 1. The van der Waals surface area contributed by atoms with Crippen LogP contribution in [0.1, 0.15) is 12.0 Å². The van der Waals surface area contributed by atoms with Crippen LogP contribution in [0.2, 0.25) is 0 Å². The number of halogens is 2. The largest absolute Gasteiger partial charge is 0.311 e. The summed E-state index contributed by atoms with van der Waals surface area (Å²) in [6, 6.07) is 7.91. The van der Waals surface area contributed by atoms with Crippen LogP contribution in [-0.4, -0.2) is 26.9 Å². The zero-order valence-electron chi connectivity index (χ0n) is 13.4. The molecule has 1 heterocycles. The topological polar surface area (TPSA) is 66.5 Å². The van der Waals surface area contributed by atoms with Gasteiger partial charge in [-0.05, 0) is 55.3 Å². The van der Waals surface area contributed by atoms with Crippen molar-refractivity contribution in [2.24, 2.45) is 0 Å². The van der Waals surface area contributed by atoms with Crippen LogP contribution >= 0.6 is 0 Å². The van der Waals surface area contributed by atoms with Crippen LogP contribution in [0.25, 0.3) is 0 Å². The van der Waals surface area contributed by atoms with Crippen molar-refractivity contribution < 1.29 is 22.0 Å². The van der Waals surface area contributed by atoms with Gasteiger partial charge in [0, 0.05) is 12.2 Å². The van der Waals surface area contributed by atoms with Crippen molar-refractivity contribution in [3.63, 3.8) is 0 Å². The zero-order chi connectivity index (χ0) is 18.2. The van der Waals surface area contributed by atoms with Gasteiger partial charge in [0.2, 0.25) is 15.9 Å². The van der Waals surface area contributed by atoms with Crippen molar-refractivity contribution in [3.8, 4) is 0 Å². The Morgan fingerprint density at radius 1 is 1.16 bits per heavy atom. The molecule has 8 heteroatoms. The van der Waals surface area contributed by atoms with Gasteiger partial charge in [0.15, 0.2) is 0 Å². The van der Waals surface area contributed by atoms with Crippen LogP contribution in [0.4, 0.5) is 14.5 Å². The van der Waals surface area contributed by atoms with Crippen molar-refractivity contribution in [1.82, 2.24) is 4.72 Å². The summed E-state index contributed by atoms with van der Waals surface area (Å²) in [5, 5.41) is 0.